The fraction of sp³-hybridized carbons (Fsp3) is 0.125. The highest BCUT2D eigenvalue weighted by atomic mass is 19.2. The second-order valence-corrected chi connectivity index (χ2v) is 2.26. The Hall–Kier alpha value is -1.45. The lowest BCUT2D eigenvalue weighted by Crippen LogP contribution is -2.24. The maximum absolute atomic E-state index is 12.7. The van der Waals surface area contributed by atoms with E-state index in [-0.39, 0.29) is 5.56 Å². The topological polar surface area (TPSA) is 40.1 Å². The molecule has 64 valence electrons. The smallest absolute Gasteiger partial charge is 0.162 e. The van der Waals surface area contributed by atoms with Crippen molar-refractivity contribution in [2.45, 2.75) is 6.42 Å². The quantitative estimate of drug-likeness (QED) is 0.640. The van der Waals surface area contributed by atoms with Crippen LogP contribution in [0.25, 0.3) is 0 Å². The summed E-state index contributed by atoms with van der Waals surface area (Å²) >= 11 is 0. The van der Waals surface area contributed by atoms with Crippen molar-refractivity contribution in [2.75, 3.05) is 0 Å². The summed E-state index contributed by atoms with van der Waals surface area (Å²) in [6, 6.07) is 3.37. The second kappa shape index (κ2) is 3.30. The van der Waals surface area contributed by atoms with Gasteiger partial charge in [-0.2, -0.15) is 0 Å². The Morgan fingerprint density at radius 2 is 2.08 bits per heavy atom. The Kier molecular flexibility index (Phi) is 2.38. The third-order valence-electron chi connectivity index (χ3n) is 1.37. The normalized spacial score (nSPS) is 9.83. The molecule has 0 amide bonds. The summed E-state index contributed by atoms with van der Waals surface area (Å²) in [6.45, 7) is 0. The zero-order valence-electron chi connectivity index (χ0n) is 6.01. The largest absolute Gasteiger partial charge is 0.550 e. The molecule has 0 aliphatic carbocycles. The van der Waals surface area contributed by atoms with Gasteiger partial charge in [0.15, 0.2) is 11.6 Å². The molecule has 0 aliphatic heterocycles. The average molecular weight is 171 g/mol. The molecule has 0 radical (unpaired) electrons. The average Bonchev–Trinajstić information content (AvgIpc) is 1.98. The van der Waals surface area contributed by atoms with Gasteiger partial charge in [0, 0.05) is 12.4 Å². The number of carbonyl (C=O) groups excluding carboxylic acids is 1. The van der Waals surface area contributed by atoms with E-state index in [1.807, 2.05) is 0 Å². The van der Waals surface area contributed by atoms with Gasteiger partial charge in [-0.15, -0.1) is 0 Å². The number of aliphatic carboxylic acids is 1. The summed E-state index contributed by atoms with van der Waals surface area (Å²) in [7, 11) is 0. The lowest BCUT2D eigenvalue weighted by atomic mass is 10.1. The Morgan fingerprint density at radius 1 is 1.42 bits per heavy atom. The highest BCUT2D eigenvalue weighted by molar-refractivity contribution is 5.67. The second-order valence-electron chi connectivity index (χ2n) is 2.26. The first-order valence-electron chi connectivity index (χ1n) is 3.24. The van der Waals surface area contributed by atoms with Crippen LogP contribution < -0.4 is 5.11 Å². The fourth-order valence-corrected chi connectivity index (χ4v) is 0.840. The highest BCUT2D eigenvalue weighted by Gasteiger charge is 2.06. The molecule has 1 rings (SSSR count). The van der Waals surface area contributed by atoms with E-state index in [1.54, 1.807) is 0 Å². The minimum Gasteiger partial charge on any atom is -0.550 e. The zero-order valence-corrected chi connectivity index (χ0v) is 6.01. The summed E-state index contributed by atoms with van der Waals surface area (Å²) in [5.74, 6) is -3.60. The molecular weight excluding hydrogens is 166 g/mol. The number of carboxylic acid groups (broad SMARTS) is 1. The molecule has 1 aromatic rings. The lowest BCUT2D eigenvalue weighted by Gasteiger charge is -2.03. The van der Waals surface area contributed by atoms with Gasteiger partial charge in [-0.3, -0.25) is 0 Å². The van der Waals surface area contributed by atoms with Crippen molar-refractivity contribution >= 4 is 5.97 Å². The number of halogens is 2. The Balaban J connectivity index is 3.00. The van der Waals surface area contributed by atoms with Crippen molar-refractivity contribution in [1.82, 2.24) is 0 Å². The maximum atomic E-state index is 12.7. The summed E-state index contributed by atoms with van der Waals surface area (Å²) in [6.07, 6.45) is -0.608. The number of hydrogen-bond donors (Lipinski definition) is 0. The molecule has 0 saturated carbocycles. The molecular formula is C8H5F2O2-. The number of rotatable bonds is 2. The number of carbonyl (C=O) groups is 1. The zero-order chi connectivity index (χ0) is 9.14. The fourth-order valence-electron chi connectivity index (χ4n) is 0.840. The van der Waals surface area contributed by atoms with Gasteiger partial charge in [0.1, 0.15) is 0 Å². The molecule has 0 spiro atoms. The Bertz CT molecular complexity index is 310. The van der Waals surface area contributed by atoms with E-state index in [0.717, 1.165) is 6.07 Å². The van der Waals surface area contributed by atoms with Gasteiger partial charge in [0.2, 0.25) is 0 Å². The van der Waals surface area contributed by atoms with Crippen molar-refractivity contribution in [2.24, 2.45) is 0 Å². The highest BCUT2D eigenvalue weighted by Crippen LogP contribution is 2.11. The Labute approximate surface area is 67.4 Å². The van der Waals surface area contributed by atoms with Crippen molar-refractivity contribution in [3.8, 4) is 0 Å². The predicted molar refractivity (Wildman–Crippen MR) is 35.1 cm³/mol. The van der Waals surface area contributed by atoms with Crippen molar-refractivity contribution in [3.05, 3.63) is 35.4 Å². The first kappa shape index (κ1) is 8.64. The third-order valence-corrected chi connectivity index (χ3v) is 1.37. The van der Waals surface area contributed by atoms with Crippen LogP contribution in [0.2, 0.25) is 0 Å². The van der Waals surface area contributed by atoms with Crippen LogP contribution in [0, 0.1) is 11.6 Å². The molecule has 0 aromatic heterocycles. The van der Waals surface area contributed by atoms with Crippen molar-refractivity contribution in [1.29, 1.82) is 0 Å². The predicted octanol–water partition coefficient (Wildman–Crippen LogP) is 0.257. The van der Waals surface area contributed by atoms with Crippen LogP contribution in [0.4, 0.5) is 8.78 Å². The van der Waals surface area contributed by atoms with E-state index in [2.05, 4.69) is 0 Å². The number of carboxylic acids is 1. The van der Waals surface area contributed by atoms with Crippen LogP contribution in [-0.4, -0.2) is 5.97 Å². The summed E-state index contributed by atoms with van der Waals surface area (Å²) < 4.78 is 25.1. The van der Waals surface area contributed by atoms with Gasteiger partial charge in [0.25, 0.3) is 0 Å². The molecule has 0 aliphatic rings. The van der Waals surface area contributed by atoms with E-state index in [0.29, 0.717) is 0 Å². The minimum absolute atomic E-state index is 0.199. The summed E-state index contributed by atoms with van der Waals surface area (Å²) in [5.41, 5.74) is -0.199. The van der Waals surface area contributed by atoms with Gasteiger partial charge >= 0.3 is 0 Å². The van der Waals surface area contributed by atoms with Gasteiger partial charge < -0.3 is 9.90 Å². The number of hydrogen-bond acceptors (Lipinski definition) is 2. The molecule has 12 heavy (non-hydrogen) atoms. The van der Waals surface area contributed by atoms with Gasteiger partial charge in [-0.25, -0.2) is 8.78 Å². The van der Waals surface area contributed by atoms with Gasteiger partial charge in [-0.05, 0) is 11.6 Å². The van der Waals surface area contributed by atoms with Crippen LogP contribution in [0.15, 0.2) is 18.2 Å². The molecule has 0 fully saturated rings. The first-order valence-corrected chi connectivity index (χ1v) is 3.24. The minimum atomic E-state index is -1.43. The Morgan fingerprint density at radius 3 is 2.67 bits per heavy atom. The van der Waals surface area contributed by atoms with E-state index >= 15 is 0 Å². The van der Waals surface area contributed by atoms with E-state index < -0.39 is 24.0 Å². The van der Waals surface area contributed by atoms with E-state index in [9.17, 15) is 18.7 Å². The van der Waals surface area contributed by atoms with E-state index in [1.165, 1.54) is 12.1 Å². The molecule has 0 heterocycles. The number of benzene rings is 1. The van der Waals surface area contributed by atoms with Crippen LogP contribution in [-0.2, 0) is 11.2 Å². The SMILES string of the molecule is O=C([O-])Cc1cccc(F)c1F. The molecule has 0 unspecified atom stereocenters. The molecule has 0 atom stereocenters. The monoisotopic (exact) mass is 171 g/mol. The molecule has 0 bridgehead atoms. The van der Waals surface area contributed by atoms with Crippen LogP contribution >= 0.6 is 0 Å². The van der Waals surface area contributed by atoms with Crippen molar-refractivity contribution < 1.29 is 18.7 Å². The van der Waals surface area contributed by atoms with Crippen molar-refractivity contribution in [3.63, 3.8) is 0 Å². The molecule has 4 heteroatoms. The van der Waals surface area contributed by atoms with Crippen LogP contribution in [0.3, 0.4) is 0 Å². The van der Waals surface area contributed by atoms with Gasteiger partial charge in [-0.1, -0.05) is 12.1 Å². The lowest BCUT2D eigenvalue weighted by molar-refractivity contribution is -0.304. The molecule has 0 N–H and O–H groups in total. The third kappa shape index (κ3) is 1.78. The standard InChI is InChI=1S/C8H6F2O2/c9-6-3-1-2-5(8(6)10)4-7(11)12/h1-3H,4H2,(H,11,12)/p-1. The van der Waals surface area contributed by atoms with Crippen LogP contribution in [0.5, 0.6) is 0 Å². The van der Waals surface area contributed by atoms with Crippen LogP contribution in [0.1, 0.15) is 5.56 Å². The van der Waals surface area contributed by atoms with Gasteiger partial charge in [0.05, 0.1) is 0 Å². The molecule has 0 saturated heterocycles. The molecule has 1 aromatic carbocycles. The molecule has 2 nitrogen and oxygen atoms in total. The van der Waals surface area contributed by atoms with E-state index in [4.69, 9.17) is 0 Å². The summed E-state index contributed by atoms with van der Waals surface area (Å²) in [5, 5.41) is 10.0. The first-order chi connectivity index (χ1) is 5.61. The maximum Gasteiger partial charge on any atom is 0.162 e. The summed E-state index contributed by atoms with van der Waals surface area (Å²) in [4.78, 5) is 10.0.